The van der Waals surface area contributed by atoms with Crippen LogP contribution in [-0.2, 0) is 0 Å². The number of nitrogens with zero attached hydrogens (tertiary/aromatic N) is 2. The highest BCUT2D eigenvalue weighted by atomic mass is 16.4. The molecule has 1 amide bonds. The molecule has 2 aromatic carbocycles. The molecular formula is C20H21N3O3. The van der Waals surface area contributed by atoms with Crippen molar-refractivity contribution in [3.8, 4) is 0 Å². The maximum atomic E-state index is 12.5. The molecule has 1 aliphatic rings. The Morgan fingerprint density at radius 3 is 2.35 bits per heavy atom. The molecule has 0 saturated heterocycles. The van der Waals surface area contributed by atoms with Crippen molar-refractivity contribution in [3.63, 3.8) is 0 Å². The topological polar surface area (TPSA) is 82.0 Å². The van der Waals surface area contributed by atoms with E-state index in [1.807, 2.05) is 31.0 Å². The molecule has 2 aromatic rings. The summed E-state index contributed by atoms with van der Waals surface area (Å²) in [5.41, 5.74) is 4.71. The van der Waals surface area contributed by atoms with Crippen molar-refractivity contribution in [2.75, 3.05) is 16.9 Å². The molecule has 0 spiro atoms. The Hall–Kier alpha value is -3.15. The van der Waals surface area contributed by atoms with Crippen LogP contribution >= 0.6 is 0 Å². The summed E-state index contributed by atoms with van der Waals surface area (Å²) in [5, 5.41) is 18.4. The molecule has 3 rings (SSSR count). The molecule has 2 N–H and O–H groups in total. The van der Waals surface area contributed by atoms with Gasteiger partial charge in [0.2, 0.25) is 0 Å². The van der Waals surface area contributed by atoms with Crippen LogP contribution in [0.2, 0.25) is 0 Å². The monoisotopic (exact) mass is 351 g/mol. The lowest BCUT2D eigenvalue weighted by molar-refractivity contribution is 0.0695. The summed E-state index contributed by atoms with van der Waals surface area (Å²) in [6.07, 6.45) is 0.945. The number of rotatable bonds is 4. The summed E-state index contributed by atoms with van der Waals surface area (Å²) in [6, 6.07) is 10.5. The molecule has 0 bridgehead atoms. The zero-order valence-corrected chi connectivity index (χ0v) is 15.0. The number of hydrogen-bond acceptors (Lipinski definition) is 4. The highest BCUT2D eigenvalue weighted by Gasteiger charge is 2.15. The summed E-state index contributed by atoms with van der Waals surface area (Å²) >= 11 is 0. The van der Waals surface area contributed by atoms with E-state index in [0.717, 1.165) is 29.9 Å². The number of carbonyl (C=O) groups excluding carboxylic acids is 1. The number of anilines is 2. The standard InChI is InChI=1S/C20H21N3O3/c1-12-10-13(2)18(11-17(12)20(25)26)21-19(24)15-4-6-16(7-5-15)23-9-8-14(3)22-23/h4-7,10-11H,8-9H2,1-3H3,(H,21,24)(H,25,26). The van der Waals surface area contributed by atoms with Gasteiger partial charge in [-0.25, -0.2) is 4.79 Å². The molecular weight excluding hydrogens is 330 g/mol. The summed E-state index contributed by atoms with van der Waals surface area (Å²) in [5.74, 6) is -1.29. The average Bonchev–Trinajstić information content (AvgIpc) is 3.03. The van der Waals surface area contributed by atoms with Gasteiger partial charge in [-0.05, 0) is 62.2 Å². The second-order valence-electron chi connectivity index (χ2n) is 6.50. The first-order chi connectivity index (χ1) is 12.3. The molecule has 6 nitrogen and oxygen atoms in total. The number of aryl methyl sites for hydroxylation is 2. The average molecular weight is 351 g/mol. The Bertz CT molecular complexity index is 901. The van der Waals surface area contributed by atoms with Crippen molar-refractivity contribution < 1.29 is 14.7 Å². The Kier molecular flexibility index (Phi) is 4.75. The number of aromatic carboxylic acids is 1. The number of hydrogen-bond donors (Lipinski definition) is 2. The van der Waals surface area contributed by atoms with E-state index in [1.165, 1.54) is 6.07 Å². The Labute approximate surface area is 152 Å². The Balaban J connectivity index is 1.78. The van der Waals surface area contributed by atoms with Crippen LogP contribution in [0.1, 0.15) is 45.2 Å². The molecule has 0 unspecified atom stereocenters. The third-order valence-electron chi connectivity index (χ3n) is 4.45. The molecule has 1 aliphatic heterocycles. The molecule has 0 fully saturated rings. The Morgan fingerprint density at radius 1 is 1.08 bits per heavy atom. The highest BCUT2D eigenvalue weighted by Crippen LogP contribution is 2.23. The van der Waals surface area contributed by atoms with E-state index in [-0.39, 0.29) is 11.5 Å². The predicted octanol–water partition coefficient (Wildman–Crippen LogP) is 3.84. The lowest BCUT2D eigenvalue weighted by Gasteiger charge is -2.14. The fraction of sp³-hybridized carbons (Fsp3) is 0.250. The lowest BCUT2D eigenvalue weighted by Crippen LogP contribution is -2.15. The van der Waals surface area contributed by atoms with Crippen LogP contribution in [0.4, 0.5) is 11.4 Å². The van der Waals surface area contributed by atoms with Crippen molar-refractivity contribution >= 4 is 29.0 Å². The molecule has 0 radical (unpaired) electrons. The molecule has 1 heterocycles. The lowest BCUT2D eigenvalue weighted by atomic mass is 10.0. The second-order valence-corrected chi connectivity index (χ2v) is 6.50. The molecule has 0 saturated carbocycles. The molecule has 6 heteroatoms. The van der Waals surface area contributed by atoms with E-state index in [4.69, 9.17) is 0 Å². The number of hydrazone groups is 1. The van der Waals surface area contributed by atoms with Gasteiger partial charge in [0, 0.05) is 29.9 Å². The van der Waals surface area contributed by atoms with Crippen LogP contribution in [0, 0.1) is 13.8 Å². The van der Waals surface area contributed by atoms with Gasteiger partial charge >= 0.3 is 5.97 Å². The number of amides is 1. The number of carbonyl (C=O) groups is 2. The minimum absolute atomic E-state index is 0.184. The van der Waals surface area contributed by atoms with Crippen molar-refractivity contribution in [3.05, 3.63) is 58.7 Å². The Morgan fingerprint density at radius 2 is 1.77 bits per heavy atom. The number of carboxylic acids is 1. The number of nitrogens with one attached hydrogen (secondary N) is 1. The molecule has 0 aromatic heterocycles. The van der Waals surface area contributed by atoms with Crippen molar-refractivity contribution in [2.24, 2.45) is 5.10 Å². The third-order valence-corrected chi connectivity index (χ3v) is 4.45. The molecule has 26 heavy (non-hydrogen) atoms. The summed E-state index contributed by atoms with van der Waals surface area (Å²) < 4.78 is 0. The van der Waals surface area contributed by atoms with Crippen molar-refractivity contribution in [2.45, 2.75) is 27.2 Å². The van der Waals surface area contributed by atoms with Gasteiger partial charge in [-0.2, -0.15) is 5.10 Å². The van der Waals surface area contributed by atoms with Gasteiger partial charge in [-0.1, -0.05) is 6.07 Å². The van der Waals surface area contributed by atoms with E-state index in [1.54, 1.807) is 25.1 Å². The van der Waals surface area contributed by atoms with E-state index in [2.05, 4.69) is 10.4 Å². The molecule has 134 valence electrons. The number of carboxylic acid groups (broad SMARTS) is 1. The largest absolute Gasteiger partial charge is 0.478 e. The van der Waals surface area contributed by atoms with Crippen LogP contribution in [0.15, 0.2) is 41.5 Å². The van der Waals surface area contributed by atoms with E-state index in [0.29, 0.717) is 16.8 Å². The van der Waals surface area contributed by atoms with Crippen LogP contribution in [-0.4, -0.2) is 29.2 Å². The van der Waals surface area contributed by atoms with Crippen LogP contribution < -0.4 is 10.3 Å². The minimum atomic E-state index is -1.01. The number of benzene rings is 2. The normalized spacial score (nSPS) is 13.5. The van der Waals surface area contributed by atoms with Gasteiger partial charge in [-0.15, -0.1) is 0 Å². The van der Waals surface area contributed by atoms with Gasteiger partial charge in [0.25, 0.3) is 5.91 Å². The highest BCUT2D eigenvalue weighted by molar-refractivity contribution is 6.05. The predicted molar refractivity (Wildman–Crippen MR) is 102 cm³/mol. The molecule has 0 aliphatic carbocycles. The van der Waals surface area contributed by atoms with Crippen molar-refractivity contribution in [1.29, 1.82) is 0 Å². The summed E-state index contributed by atoms with van der Waals surface area (Å²) in [7, 11) is 0. The molecule has 0 atom stereocenters. The maximum absolute atomic E-state index is 12.5. The quantitative estimate of drug-likeness (QED) is 0.877. The summed E-state index contributed by atoms with van der Waals surface area (Å²) in [4.78, 5) is 23.8. The van der Waals surface area contributed by atoms with Gasteiger partial charge in [0.1, 0.15) is 0 Å². The van der Waals surface area contributed by atoms with Crippen molar-refractivity contribution in [1.82, 2.24) is 0 Å². The SMILES string of the molecule is CC1=NN(c2ccc(C(=O)Nc3cc(C(=O)O)c(C)cc3C)cc2)CC1. The first-order valence-electron chi connectivity index (χ1n) is 8.42. The van der Waals surface area contributed by atoms with E-state index < -0.39 is 5.97 Å². The smallest absolute Gasteiger partial charge is 0.336 e. The first kappa shape index (κ1) is 17.7. The zero-order chi connectivity index (χ0) is 18.8. The van der Waals surface area contributed by atoms with Gasteiger partial charge in [-0.3, -0.25) is 9.80 Å². The summed E-state index contributed by atoms with van der Waals surface area (Å²) in [6.45, 7) is 6.42. The maximum Gasteiger partial charge on any atom is 0.336 e. The van der Waals surface area contributed by atoms with Gasteiger partial charge in [0.05, 0.1) is 11.3 Å². The van der Waals surface area contributed by atoms with Crippen LogP contribution in [0.25, 0.3) is 0 Å². The minimum Gasteiger partial charge on any atom is -0.478 e. The van der Waals surface area contributed by atoms with Crippen LogP contribution in [0.5, 0.6) is 0 Å². The first-order valence-corrected chi connectivity index (χ1v) is 8.42. The fourth-order valence-electron chi connectivity index (χ4n) is 2.96. The fourth-order valence-corrected chi connectivity index (χ4v) is 2.96. The van der Waals surface area contributed by atoms with Crippen LogP contribution in [0.3, 0.4) is 0 Å². The van der Waals surface area contributed by atoms with Gasteiger partial charge < -0.3 is 10.4 Å². The third kappa shape index (κ3) is 3.59. The van der Waals surface area contributed by atoms with Gasteiger partial charge in [0.15, 0.2) is 0 Å². The van der Waals surface area contributed by atoms with E-state index in [9.17, 15) is 14.7 Å². The van der Waals surface area contributed by atoms with E-state index >= 15 is 0 Å². The second kappa shape index (κ2) is 7.00. The zero-order valence-electron chi connectivity index (χ0n) is 15.0.